The maximum absolute atomic E-state index is 13.1. The van der Waals surface area contributed by atoms with E-state index < -0.39 is 6.04 Å². The molecule has 2 aromatic carbocycles. The largest absolute Gasteiger partial charge is 0.493 e. The minimum Gasteiger partial charge on any atom is -0.493 e. The molecular formula is C24H27N3O5. The normalized spacial score (nSPS) is 19.8. The van der Waals surface area contributed by atoms with Gasteiger partial charge in [-0.25, -0.2) is 4.90 Å². The molecule has 0 aromatic heterocycles. The summed E-state index contributed by atoms with van der Waals surface area (Å²) in [6.45, 7) is 1.19. The van der Waals surface area contributed by atoms with Crippen molar-refractivity contribution in [3.63, 3.8) is 0 Å². The fourth-order valence-corrected chi connectivity index (χ4v) is 4.38. The van der Waals surface area contributed by atoms with Gasteiger partial charge in [0.05, 0.1) is 32.4 Å². The number of nitrogens with one attached hydrogen (secondary N) is 1. The van der Waals surface area contributed by atoms with Gasteiger partial charge in [-0.05, 0) is 50.2 Å². The van der Waals surface area contributed by atoms with Gasteiger partial charge in [0.2, 0.25) is 11.8 Å². The fourth-order valence-electron chi connectivity index (χ4n) is 4.38. The van der Waals surface area contributed by atoms with E-state index in [-0.39, 0.29) is 30.1 Å². The summed E-state index contributed by atoms with van der Waals surface area (Å²) in [5, 5.41) is 2.95. The van der Waals surface area contributed by atoms with Crippen molar-refractivity contribution in [3.8, 4) is 11.5 Å². The molecule has 3 amide bonds. The number of nitrogens with zero attached hydrogens (tertiary/aromatic N) is 2. The molecule has 2 saturated heterocycles. The minimum atomic E-state index is -0.506. The van der Waals surface area contributed by atoms with E-state index in [1.54, 1.807) is 18.2 Å². The molecule has 0 radical (unpaired) electrons. The molecule has 2 heterocycles. The summed E-state index contributed by atoms with van der Waals surface area (Å²) in [5.41, 5.74) is 1.25. The average molecular weight is 437 g/mol. The smallest absolute Gasteiger partial charge is 0.251 e. The Labute approximate surface area is 187 Å². The van der Waals surface area contributed by atoms with Crippen LogP contribution in [0.3, 0.4) is 0 Å². The van der Waals surface area contributed by atoms with Gasteiger partial charge in [-0.2, -0.15) is 0 Å². The first-order chi connectivity index (χ1) is 15.5. The number of benzene rings is 2. The van der Waals surface area contributed by atoms with Gasteiger partial charge in [0.15, 0.2) is 11.5 Å². The Morgan fingerprint density at radius 2 is 1.66 bits per heavy atom. The van der Waals surface area contributed by atoms with Crippen molar-refractivity contribution in [2.45, 2.75) is 25.3 Å². The molecule has 2 fully saturated rings. The quantitative estimate of drug-likeness (QED) is 0.699. The molecule has 2 aliphatic heterocycles. The van der Waals surface area contributed by atoms with Gasteiger partial charge in [-0.1, -0.05) is 18.2 Å². The molecule has 8 nitrogen and oxygen atoms in total. The average Bonchev–Trinajstić information content (AvgIpc) is 3.13. The number of methoxy groups -OCH3 is 2. The second-order valence-electron chi connectivity index (χ2n) is 7.99. The van der Waals surface area contributed by atoms with Gasteiger partial charge in [0, 0.05) is 17.7 Å². The van der Waals surface area contributed by atoms with E-state index in [4.69, 9.17) is 9.47 Å². The fraction of sp³-hybridized carbons (Fsp3) is 0.375. The minimum absolute atomic E-state index is 0.00312. The van der Waals surface area contributed by atoms with Crippen LogP contribution in [0.5, 0.6) is 11.5 Å². The molecule has 2 aromatic rings. The first-order valence-corrected chi connectivity index (χ1v) is 10.7. The van der Waals surface area contributed by atoms with Crippen LogP contribution in [0.2, 0.25) is 0 Å². The van der Waals surface area contributed by atoms with Gasteiger partial charge >= 0.3 is 0 Å². The van der Waals surface area contributed by atoms with Crippen LogP contribution in [-0.4, -0.2) is 56.0 Å². The number of para-hydroxylation sites is 1. The number of hydrogen-bond acceptors (Lipinski definition) is 6. The van der Waals surface area contributed by atoms with Gasteiger partial charge in [0.1, 0.15) is 0 Å². The highest BCUT2D eigenvalue weighted by Gasteiger charge is 2.44. The van der Waals surface area contributed by atoms with Crippen molar-refractivity contribution in [1.29, 1.82) is 0 Å². The number of piperidine rings is 1. The monoisotopic (exact) mass is 437 g/mol. The molecule has 32 heavy (non-hydrogen) atoms. The van der Waals surface area contributed by atoms with Crippen LogP contribution in [0.4, 0.5) is 11.4 Å². The maximum Gasteiger partial charge on any atom is 0.251 e. The third kappa shape index (κ3) is 4.31. The maximum atomic E-state index is 13.1. The molecule has 0 saturated carbocycles. The van der Waals surface area contributed by atoms with E-state index in [2.05, 4.69) is 5.32 Å². The van der Waals surface area contributed by atoms with Gasteiger partial charge in [0.25, 0.3) is 5.91 Å². The summed E-state index contributed by atoms with van der Waals surface area (Å²) in [4.78, 5) is 41.7. The number of carbonyl (C=O) groups is 3. The Balaban J connectivity index is 1.39. The molecule has 1 unspecified atom stereocenters. The second-order valence-corrected chi connectivity index (χ2v) is 7.99. The molecule has 2 aliphatic rings. The highest BCUT2D eigenvalue weighted by Crippen LogP contribution is 2.35. The molecule has 168 valence electrons. The Morgan fingerprint density at radius 1 is 0.969 bits per heavy atom. The molecule has 8 heteroatoms. The van der Waals surface area contributed by atoms with Crippen molar-refractivity contribution in [3.05, 3.63) is 48.5 Å². The molecular weight excluding hydrogens is 410 g/mol. The highest BCUT2D eigenvalue weighted by molar-refractivity contribution is 6.22. The van der Waals surface area contributed by atoms with Crippen LogP contribution >= 0.6 is 0 Å². The summed E-state index contributed by atoms with van der Waals surface area (Å²) in [6, 6.07) is 13.9. The predicted molar refractivity (Wildman–Crippen MR) is 120 cm³/mol. The first-order valence-electron chi connectivity index (χ1n) is 10.7. The van der Waals surface area contributed by atoms with Crippen molar-refractivity contribution >= 4 is 29.1 Å². The number of amides is 3. The predicted octanol–water partition coefficient (Wildman–Crippen LogP) is 2.69. The third-order valence-electron chi connectivity index (χ3n) is 6.13. The second kappa shape index (κ2) is 9.40. The highest BCUT2D eigenvalue weighted by atomic mass is 16.5. The Morgan fingerprint density at radius 3 is 2.31 bits per heavy atom. The van der Waals surface area contributed by atoms with E-state index in [0.717, 1.165) is 5.69 Å². The lowest BCUT2D eigenvalue weighted by Crippen LogP contribution is -2.47. The Hall–Kier alpha value is -3.39. The van der Waals surface area contributed by atoms with Crippen molar-refractivity contribution < 1.29 is 23.9 Å². The van der Waals surface area contributed by atoms with E-state index in [1.807, 2.05) is 35.2 Å². The number of hydrogen-bond donors (Lipinski definition) is 1. The van der Waals surface area contributed by atoms with E-state index >= 15 is 0 Å². The summed E-state index contributed by atoms with van der Waals surface area (Å²) < 4.78 is 10.5. The molecule has 0 bridgehead atoms. The zero-order chi connectivity index (χ0) is 22.7. The van der Waals surface area contributed by atoms with Crippen molar-refractivity contribution in [1.82, 2.24) is 4.90 Å². The Bertz CT molecular complexity index is 1000. The van der Waals surface area contributed by atoms with Crippen LogP contribution in [0.15, 0.2) is 48.5 Å². The van der Waals surface area contributed by atoms with Crippen LogP contribution < -0.4 is 19.7 Å². The SMILES string of the molecule is COc1ccc(N2C(=O)CC(N3CCC(C(=O)Nc4ccccc4)CC3)C2=O)cc1OC. The van der Waals surface area contributed by atoms with E-state index in [9.17, 15) is 14.4 Å². The third-order valence-corrected chi connectivity index (χ3v) is 6.13. The van der Waals surface area contributed by atoms with Crippen molar-refractivity contribution in [2.75, 3.05) is 37.5 Å². The topological polar surface area (TPSA) is 88.2 Å². The molecule has 1 N–H and O–H groups in total. The first kappa shape index (κ1) is 21.8. The van der Waals surface area contributed by atoms with Gasteiger partial charge < -0.3 is 14.8 Å². The lowest BCUT2D eigenvalue weighted by molar-refractivity contribution is -0.123. The van der Waals surface area contributed by atoms with Gasteiger partial charge in [-0.3, -0.25) is 19.3 Å². The lowest BCUT2D eigenvalue weighted by atomic mass is 9.94. The molecule has 4 rings (SSSR count). The van der Waals surface area contributed by atoms with Crippen LogP contribution in [0.1, 0.15) is 19.3 Å². The molecule has 0 spiro atoms. The number of imide groups is 1. The zero-order valence-corrected chi connectivity index (χ0v) is 18.2. The van der Waals surface area contributed by atoms with Gasteiger partial charge in [-0.15, -0.1) is 0 Å². The summed E-state index contributed by atoms with van der Waals surface area (Å²) >= 11 is 0. The molecule has 1 atom stereocenters. The number of carbonyl (C=O) groups excluding carboxylic acids is 3. The van der Waals surface area contributed by atoms with Crippen LogP contribution in [-0.2, 0) is 14.4 Å². The summed E-state index contributed by atoms with van der Waals surface area (Å²) in [6.07, 6.45) is 1.42. The lowest BCUT2D eigenvalue weighted by Gasteiger charge is -2.34. The number of rotatable bonds is 6. The van der Waals surface area contributed by atoms with E-state index in [1.165, 1.54) is 19.1 Å². The summed E-state index contributed by atoms with van der Waals surface area (Å²) in [5.74, 6) is 0.393. The van der Waals surface area contributed by atoms with Crippen LogP contribution in [0.25, 0.3) is 0 Å². The van der Waals surface area contributed by atoms with Crippen molar-refractivity contribution in [2.24, 2.45) is 5.92 Å². The van der Waals surface area contributed by atoms with Crippen LogP contribution in [0, 0.1) is 5.92 Å². The van der Waals surface area contributed by atoms with E-state index in [0.29, 0.717) is 43.1 Å². The Kier molecular flexibility index (Phi) is 6.41. The number of anilines is 2. The number of ether oxygens (including phenoxy) is 2. The number of likely N-dealkylation sites (tertiary alicyclic amines) is 1. The summed E-state index contributed by atoms with van der Waals surface area (Å²) in [7, 11) is 3.04. The molecule has 0 aliphatic carbocycles. The zero-order valence-electron chi connectivity index (χ0n) is 18.2. The standard InChI is InChI=1S/C24H27N3O5/c1-31-20-9-8-18(14-21(20)32-2)27-22(28)15-19(24(27)30)26-12-10-16(11-13-26)23(29)25-17-6-4-3-5-7-17/h3-9,14,16,19H,10-13,15H2,1-2H3,(H,25,29).